The Hall–Kier alpha value is -0.620. The van der Waals surface area contributed by atoms with Gasteiger partial charge in [0.25, 0.3) is 0 Å². The predicted molar refractivity (Wildman–Crippen MR) is 123 cm³/mol. The van der Waals surface area contributed by atoms with Crippen molar-refractivity contribution in [1.82, 2.24) is 0 Å². The van der Waals surface area contributed by atoms with Crippen molar-refractivity contribution in [2.24, 2.45) is 0 Å². The van der Waals surface area contributed by atoms with Crippen LogP contribution in [-0.4, -0.2) is 43.6 Å². The maximum absolute atomic E-state index is 10.4. The quantitative estimate of drug-likeness (QED) is 0.108. The zero-order chi connectivity index (χ0) is 22.2. The van der Waals surface area contributed by atoms with Gasteiger partial charge in [-0.15, -0.1) is 0 Å². The summed E-state index contributed by atoms with van der Waals surface area (Å²) in [5, 5.41) is 0. The number of halogens is 1. The minimum Gasteiger partial charge on any atom is -0.744 e. The first kappa shape index (κ1) is 28.4. The third-order valence-electron chi connectivity index (χ3n) is 5.20. The molecule has 6 heteroatoms. The summed E-state index contributed by atoms with van der Waals surface area (Å²) in [4.78, 5) is -0.178. The minimum absolute atomic E-state index is 0.178. The fourth-order valence-electron chi connectivity index (χ4n) is 3.13. The second-order valence-electron chi connectivity index (χ2n) is 8.28. The lowest BCUT2D eigenvalue weighted by molar-refractivity contribution is -0.899. The molecule has 29 heavy (non-hydrogen) atoms. The SMILES string of the molecule is CCCCCCC[N+](C)(CCl)CCCCCCC.Cc1ccc(S(=O)(=O)[O-])cc1. The van der Waals surface area contributed by atoms with E-state index in [1.807, 2.05) is 6.92 Å². The van der Waals surface area contributed by atoms with Crippen molar-refractivity contribution < 1.29 is 17.5 Å². The Labute approximate surface area is 185 Å². The maximum atomic E-state index is 10.4. The molecule has 1 aromatic rings. The van der Waals surface area contributed by atoms with Crippen LogP contribution in [-0.2, 0) is 10.1 Å². The van der Waals surface area contributed by atoms with E-state index in [-0.39, 0.29) is 4.90 Å². The summed E-state index contributed by atoms with van der Waals surface area (Å²) in [5.41, 5.74) is 0.928. The van der Waals surface area contributed by atoms with Crippen LogP contribution in [0.2, 0.25) is 0 Å². The van der Waals surface area contributed by atoms with Gasteiger partial charge in [-0.25, -0.2) is 8.42 Å². The van der Waals surface area contributed by atoms with E-state index >= 15 is 0 Å². The molecule has 0 aliphatic rings. The topological polar surface area (TPSA) is 57.2 Å². The van der Waals surface area contributed by atoms with Crippen LogP contribution in [0.1, 0.15) is 83.6 Å². The molecule has 170 valence electrons. The maximum Gasteiger partial charge on any atom is 0.154 e. The normalized spacial score (nSPS) is 11.8. The Morgan fingerprint density at radius 1 is 0.828 bits per heavy atom. The van der Waals surface area contributed by atoms with Crippen LogP contribution in [0.3, 0.4) is 0 Å². The molecular formula is C23H42ClNO3S. The summed E-state index contributed by atoms with van der Waals surface area (Å²) in [6.07, 6.45) is 13.7. The standard InChI is InChI=1S/C16H35ClN.C7H8O3S/c1-4-6-8-10-12-14-18(3,16-17)15-13-11-9-7-5-2;1-6-2-4-7(5-3-6)11(8,9)10/h4-16H2,1-3H3;2-5H,1H3,(H,8,9,10)/q+1;/p-1. The van der Waals surface area contributed by atoms with Gasteiger partial charge in [0.2, 0.25) is 0 Å². The Bertz CT molecular complexity index is 604. The Balaban J connectivity index is 0.000000604. The lowest BCUT2D eigenvalue weighted by Gasteiger charge is -2.32. The molecule has 0 amide bonds. The van der Waals surface area contributed by atoms with Crippen LogP contribution < -0.4 is 0 Å². The largest absolute Gasteiger partial charge is 0.744 e. The van der Waals surface area contributed by atoms with E-state index in [9.17, 15) is 13.0 Å². The van der Waals surface area contributed by atoms with Crippen LogP contribution in [0.4, 0.5) is 0 Å². The molecule has 0 atom stereocenters. The second kappa shape index (κ2) is 16.1. The van der Waals surface area contributed by atoms with Gasteiger partial charge < -0.3 is 9.04 Å². The zero-order valence-corrected chi connectivity index (χ0v) is 20.5. The molecule has 4 nitrogen and oxygen atoms in total. The van der Waals surface area contributed by atoms with E-state index in [1.54, 1.807) is 12.1 Å². The van der Waals surface area contributed by atoms with Crippen LogP contribution >= 0.6 is 11.6 Å². The van der Waals surface area contributed by atoms with Crippen LogP contribution in [0, 0.1) is 6.92 Å². The molecule has 1 aromatic carbocycles. The number of hydrogen-bond donors (Lipinski definition) is 0. The highest BCUT2D eigenvalue weighted by molar-refractivity contribution is 7.85. The Kier molecular flexibility index (Phi) is 15.8. The molecule has 0 aliphatic carbocycles. The van der Waals surface area contributed by atoms with Crippen molar-refractivity contribution in [2.75, 3.05) is 26.1 Å². The molecule has 0 N–H and O–H groups in total. The van der Waals surface area contributed by atoms with Crippen molar-refractivity contribution >= 4 is 21.7 Å². The first-order valence-electron chi connectivity index (χ1n) is 11.1. The third kappa shape index (κ3) is 14.9. The molecule has 0 saturated heterocycles. The van der Waals surface area contributed by atoms with E-state index in [1.165, 1.54) is 89.4 Å². The summed E-state index contributed by atoms with van der Waals surface area (Å²) in [6, 6.07) is 6.56. The zero-order valence-electron chi connectivity index (χ0n) is 19.0. The van der Waals surface area contributed by atoms with Gasteiger partial charge >= 0.3 is 0 Å². The fourth-order valence-corrected chi connectivity index (χ4v) is 3.84. The number of aryl methyl sites for hydroxylation is 1. The number of unbranched alkanes of at least 4 members (excludes halogenated alkanes) is 8. The lowest BCUT2D eigenvalue weighted by atomic mass is 10.1. The lowest BCUT2D eigenvalue weighted by Crippen LogP contribution is -2.44. The molecule has 0 heterocycles. The highest BCUT2D eigenvalue weighted by Crippen LogP contribution is 2.13. The summed E-state index contributed by atoms with van der Waals surface area (Å²) in [6.45, 7) is 8.90. The average Bonchev–Trinajstić information content (AvgIpc) is 2.68. The molecule has 0 unspecified atom stereocenters. The van der Waals surface area contributed by atoms with Gasteiger partial charge in [0.05, 0.1) is 25.0 Å². The van der Waals surface area contributed by atoms with Crippen molar-refractivity contribution in [1.29, 1.82) is 0 Å². The monoisotopic (exact) mass is 447 g/mol. The molecule has 0 aliphatic heterocycles. The van der Waals surface area contributed by atoms with Gasteiger partial charge in [-0.3, -0.25) is 0 Å². The van der Waals surface area contributed by atoms with Crippen molar-refractivity contribution in [3.8, 4) is 0 Å². The average molecular weight is 448 g/mol. The molecular weight excluding hydrogens is 406 g/mol. The first-order valence-corrected chi connectivity index (χ1v) is 13.0. The molecule has 0 spiro atoms. The molecule has 0 saturated carbocycles. The number of hydrogen-bond acceptors (Lipinski definition) is 3. The van der Waals surface area contributed by atoms with Gasteiger partial charge in [-0.1, -0.05) is 81.7 Å². The highest BCUT2D eigenvalue weighted by Gasteiger charge is 2.18. The van der Waals surface area contributed by atoms with Crippen molar-refractivity contribution in [2.45, 2.75) is 89.9 Å². The fraction of sp³-hybridized carbons (Fsp3) is 0.739. The molecule has 0 bridgehead atoms. The van der Waals surface area contributed by atoms with Gasteiger partial charge in [-0.2, -0.15) is 0 Å². The number of quaternary nitrogens is 1. The van der Waals surface area contributed by atoms with Gasteiger partial charge in [0.1, 0.15) is 10.1 Å². The van der Waals surface area contributed by atoms with E-state index in [0.29, 0.717) is 0 Å². The minimum atomic E-state index is -4.27. The molecule has 1 rings (SSSR count). The first-order chi connectivity index (χ1) is 13.7. The summed E-state index contributed by atoms with van der Waals surface area (Å²) >= 11 is 6.16. The van der Waals surface area contributed by atoms with Crippen LogP contribution in [0.5, 0.6) is 0 Å². The smallest absolute Gasteiger partial charge is 0.154 e. The van der Waals surface area contributed by atoms with Gasteiger partial charge in [-0.05, 0) is 44.7 Å². The van der Waals surface area contributed by atoms with E-state index in [0.717, 1.165) is 16.1 Å². The molecule has 0 fully saturated rings. The summed E-state index contributed by atoms with van der Waals surface area (Å²) in [5.74, 6) is 0. The number of benzene rings is 1. The van der Waals surface area contributed by atoms with Crippen LogP contribution in [0.25, 0.3) is 0 Å². The highest BCUT2D eigenvalue weighted by atomic mass is 35.5. The van der Waals surface area contributed by atoms with Crippen molar-refractivity contribution in [3.63, 3.8) is 0 Å². The van der Waals surface area contributed by atoms with E-state index in [4.69, 9.17) is 11.6 Å². The Morgan fingerprint density at radius 2 is 1.24 bits per heavy atom. The van der Waals surface area contributed by atoms with Gasteiger partial charge in [0, 0.05) is 0 Å². The van der Waals surface area contributed by atoms with Crippen molar-refractivity contribution in [3.05, 3.63) is 29.8 Å². The van der Waals surface area contributed by atoms with Gasteiger partial charge in [0.15, 0.2) is 6.00 Å². The molecule has 0 aromatic heterocycles. The van der Waals surface area contributed by atoms with Crippen LogP contribution in [0.15, 0.2) is 29.2 Å². The predicted octanol–water partition coefficient (Wildman–Crippen LogP) is 6.47. The van der Waals surface area contributed by atoms with E-state index < -0.39 is 10.1 Å². The number of nitrogens with zero attached hydrogens (tertiary/aromatic N) is 1. The Morgan fingerprint density at radius 3 is 1.59 bits per heavy atom. The number of rotatable bonds is 14. The third-order valence-corrected chi connectivity index (χ3v) is 6.63. The summed E-state index contributed by atoms with van der Waals surface area (Å²) < 4.78 is 32.2. The molecule has 0 radical (unpaired) electrons. The van der Waals surface area contributed by atoms with E-state index in [2.05, 4.69) is 20.9 Å². The summed E-state index contributed by atoms with van der Waals surface area (Å²) in [7, 11) is -1.94. The second-order valence-corrected chi connectivity index (χ2v) is 9.90. The number of alkyl halides is 1.